The fraction of sp³-hybridized carbons (Fsp3) is 0.800. The minimum Gasteiger partial charge on any atom is -0.354 e. The molecule has 2 fully saturated rings. The molecule has 1 aliphatic heterocycles. The Balaban J connectivity index is 1.65. The standard InChI is InChI=1S/C10H17N3O2/c11-8-3-5-13(10(8)15)6-4-12-9(14)7-1-2-7/h7-8H,1-6,11H2,(H,12,14). The summed E-state index contributed by atoms with van der Waals surface area (Å²) in [7, 11) is 0. The highest BCUT2D eigenvalue weighted by Gasteiger charge is 2.30. The molecule has 1 aliphatic carbocycles. The second-order valence-corrected chi connectivity index (χ2v) is 4.29. The molecular formula is C10H17N3O2. The van der Waals surface area contributed by atoms with Gasteiger partial charge in [-0.3, -0.25) is 9.59 Å². The van der Waals surface area contributed by atoms with E-state index in [1.54, 1.807) is 4.90 Å². The highest BCUT2D eigenvalue weighted by molar-refractivity contribution is 5.84. The molecule has 1 unspecified atom stereocenters. The summed E-state index contributed by atoms with van der Waals surface area (Å²) < 4.78 is 0. The molecule has 1 saturated carbocycles. The number of nitrogens with one attached hydrogen (secondary N) is 1. The van der Waals surface area contributed by atoms with E-state index in [0.29, 0.717) is 13.1 Å². The quantitative estimate of drug-likeness (QED) is 0.631. The maximum Gasteiger partial charge on any atom is 0.239 e. The predicted octanol–water partition coefficient (Wildman–Crippen LogP) is -0.928. The highest BCUT2D eigenvalue weighted by Crippen LogP contribution is 2.28. The lowest BCUT2D eigenvalue weighted by Crippen LogP contribution is -2.39. The van der Waals surface area contributed by atoms with Crippen LogP contribution in [0.4, 0.5) is 0 Å². The van der Waals surface area contributed by atoms with Gasteiger partial charge < -0.3 is 16.0 Å². The zero-order valence-corrected chi connectivity index (χ0v) is 8.74. The minimum atomic E-state index is -0.330. The van der Waals surface area contributed by atoms with Gasteiger partial charge in [0.15, 0.2) is 0 Å². The average molecular weight is 211 g/mol. The Morgan fingerprint density at radius 2 is 2.20 bits per heavy atom. The number of rotatable bonds is 4. The van der Waals surface area contributed by atoms with Crippen molar-refractivity contribution in [1.29, 1.82) is 0 Å². The molecule has 0 aromatic rings. The molecule has 5 heteroatoms. The van der Waals surface area contributed by atoms with Crippen molar-refractivity contribution in [3.05, 3.63) is 0 Å². The molecule has 5 nitrogen and oxygen atoms in total. The van der Waals surface area contributed by atoms with E-state index < -0.39 is 0 Å². The second kappa shape index (κ2) is 4.18. The third-order valence-electron chi connectivity index (χ3n) is 2.97. The van der Waals surface area contributed by atoms with Crippen molar-refractivity contribution in [2.45, 2.75) is 25.3 Å². The smallest absolute Gasteiger partial charge is 0.239 e. The monoisotopic (exact) mass is 211 g/mol. The highest BCUT2D eigenvalue weighted by atomic mass is 16.2. The topological polar surface area (TPSA) is 75.4 Å². The van der Waals surface area contributed by atoms with Crippen LogP contribution in [0.5, 0.6) is 0 Å². The summed E-state index contributed by atoms with van der Waals surface area (Å²) >= 11 is 0. The van der Waals surface area contributed by atoms with Gasteiger partial charge in [0.1, 0.15) is 0 Å². The summed E-state index contributed by atoms with van der Waals surface area (Å²) in [6.07, 6.45) is 2.76. The lowest BCUT2D eigenvalue weighted by Gasteiger charge is -2.16. The summed E-state index contributed by atoms with van der Waals surface area (Å²) in [5.41, 5.74) is 5.58. The van der Waals surface area contributed by atoms with Gasteiger partial charge in [0.25, 0.3) is 0 Å². The third kappa shape index (κ3) is 2.47. The molecule has 3 N–H and O–H groups in total. The Bertz CT molecular complexity index is 276. The largest absolute Gasteiger partial charge is 0.354 e. The molecular weight excluding hydrogens is 194 g/mol. The van der Waals surface area contributed by atoms with E-state index in [1.807, 2.05) is 0 Å². The molecule has 84 valence electrons. The van der Waals surface area contributed by atoms with Crippen LogP contribution in [-0.4, -0.2) is 42.4 Å². The van der Waals surface area contributed by atoms with Crippen molar-refractivity contribution in [2.75, 3.05) is 19.6 Å². The van der Waals surface area contributed by atoms with Crippen LogP contribution >= 0.6 is 0 Å². The Morgan fingerprint density at radius 1 is 1.47 bits per heavy atom. The first-order valence-corrected chi connectivity index (χ1v) is 5.50. The van der Waals surface area contributed by atoms with Crippen molar-refractivity contribution in [1.82, 2.24) is 10.2 Å². The summed E-state index contributed by atoms with van der Waals surface area (Å²) in [6.45, 7) is 1.86. The molecule has 2 aliphatic rings. The van der Waals surface area contributed by atoms with Crippen molar-refractivity contribution in [3.8, 4) is 0 Å². The van der Waals surface area contributed by atoms with E-state index in [1.165, 1.54) is 0 Å². The van der Waals surface area contributed by atoms with E-state index in [0.717, 1.165) is 25.8 Å². The molecule has 0 aromatic heterocycles. The van der Waals surface area contributed by atoms with E-state index in [4.69, 9.17) is 5.73 Å². The number of nitrogens with two attached hydrogens (primary N) is 1. The normalized spacial score (nSPS) is 25.8. The first-order valence-electron chi connectivity index (χ1n) is 5.50. The number of nitrogens with zero attached hydrogens (tertiary/aromatic N) is 1. The minimum absolute atomic E-state index is 0.00988. The molecule has 1 atom stereocenters. The zero-order chi connectivity index (χ0) is 10.8. The van der Waals surface area contributed by atoms with Gasteiger partial charge in [-0.2, -0.15) is 0 Å². The zero-order valence-electron chi connectivity index (χ0n) is 8.74. The number of likely N-dealkylation sites (tertiary alicyclic amines) is 1. The number of carbonyl (C=O) groups excluding carboxylic acids is 2. The van der Waals surface area contributed by atoms with Crippen LogP contribution in [0.2, 0.25) is 0 Å². The van der Waals surface area contributed by atoms with Crippen molar-refractivity contribution in [3.63, 3.8) is 0 Å². The van der Waals surface area contributed by atoms with Gasteiger partial charge in [-0.1, -0.05) is 0 Å². The second-order valence-electron chi connectivity index (χ2n) is 4.29. The Labute approximate surface area is 89.0 Å². The van der Waals surface area contributed by atoms with Crippen molar-refractivity contribution >= 4 is 11.8 Å². The van der Waals surface area contributed by atoms with Crippen molar-refractivity contribution in [2.24, 2.45) is 11.7 Å². The van der Waals surface area contributed by atoms with E-state index >= 15 is 0 Å². The molecule has 0 spiro atoms. The van der Waals surface area contributed by atoms with E-state index in [9.17, 15) is 9.59 Å². The summed E-state index contributed by atoms with van der Waals surface area (Å²) in [6, 6.07) is -0.330. The van der Waals surface area contributed by atoms with Crippen molar-refractivity contribution < 1.29 is 9.59 Å². The van der Waals surface area contributed by atoms with Gasteiger partial charge >= 0.3 is 0 Å². The van der Waals surface area contributed by atoms with Gasteiger partial charge in [-0.05, 0) is 19.3 Å². The lowest BCUT2D eigenvalue weighted by atomic mass is 10.3. The third-order valence-corrected chi connectivity index (χ3v) is 2.97. The van der Waals surface area contributed by atoms with Crippen LogP contribution < -0.4 is 11.1 Å². The maximum absolute atomic E-state index is 11.4. The average Bonchev–Trinajstić information content (AvgIpc) is 3.00. The summed E-state index contributed by atoms with van der Waals surface area (Å²) in [4.78, 5) is 24.4. The predicted molar refractivity (Wildman–Crippen MR) is 54.9 cm³/mol. The SMILES string of the molecule is NC1CCN(CCNC(=O)C2CC2)C1=O. The molecule has 0 aromatic carbocycles. The Morgan fingerprint density at radius 3 is 2.73 bits per heavy atom. The van der Waals surface area contributed by atoms with Crippen LogP contribution in [0.3, 0.4) is 0 Å². The van der Waals surface area contributed by atoms with Gasteiger partial charge in [-0.25, -0.2) is 0 Å². The van der Waals surface area contributed by atoms with Crippen LogP contribution in [0.1, 0.15) is 19.3 Å². The van der Waals surface area contributed by atoms with E-state index in [-0.39, 0.29) is 23.8 Å². The molecule has 1 heterocycles. The van der Waals surface area contributed by atoms with E-state index in [2.05, 4.69) is 5.32 Å². The summed E-state index contributed by atoms with van der Waals surface area (Å²) in [5, 5.41) is 2.83. The molecule has 2 amide bonds. The number of hydrogen-bond donors (Lipinski definition) is 2. The van der Waals surface area contributed by atoms with Gasteiger partial charge in [-0.15, -0.1) is 0 Å². The molecule has 2 rings (SSSR count). The first-order chi connectivity index (χ1) is 7.18. The molecule has 1 saturated heterocycles. The number of carbonyl (C=O) groups is 2. The number of amides is 2. The van der Waals surface area contributed by atoms with Crippen LogP contribution in [0, 0.1) is 5.92 Å². The molecule has 0 radical (unpaired) electrons. The fourth-order valence-corrected chi connectivity index (χ4v) is 1.79. The lowest BCUT2D eigenvalue weighted by molar-refractivity contribution is -0.129. The van der Waals surface area contributed by atoms with Crippen LogP contribution in [-0.2, 0) is 9.59 Å². The van der Waals surface area contributed by atoms with Gasteiger partial charge in [0.05, 0.1) is 6.04 Å². The Hall–Kier alpha value is -1.10. The van der Waals surface area contributed by atoms with Gasteiger partial charge in [0, 0.05) is 25.6 Å². The van der Waals surface area contributed by atoms with Crippen LogP contribution in [0.15, 0.2) is 0 Å². The maximum atomic E-state index is 11.4. The molecule has 0 bridgehead atoms. The Kier molecular flexibility index (Phi) is 2.90. The number of hydrogen-bond acceptors (Lipinski definition) is 3. The first kappa shape index (κ1) is 10.4. The summed E-state index contributed by atoms with van der Waals surface area (Å²) in [5.74, 6) is 0.378. The van der Waals surface area contributed by atoms with Crippen LogP contribution in [0.25, 0.3) is 0 Å². The fourth-order valence-electron chi connectivity index (χ4n) is 1.79. The molecule has 15 heavy (non-hydrogen) atoms. The van der Waals surface area contributed by atoms with Gasteiger partial charge in [0.2, 0.25) is 11.8 Å².